The summed E-state index contributed by atoms with van der Waals surface area (Å²) in [5.74, 6) is 0.386. The molecule has 2 amide bonds. The Labute approximate surface area is 182 Å². The number of nitrogens with zero attached hydrogens (tertiary/aromatic N) is 5. The van der Waals surface area contributed by atoms with Crippen molar-refractivity contribution in [3.8, 4) is 33.2 Å². The van der Waals surface area contributed by atoms with Crippen LogP contribution in [0.4, 0.5) is 23.8 Å². The fourth-order valence-corrected chi connectivity index (χ4v) is 3.64. The molecule has 9 nitrogen and oxygen atoms in total. The normalized spacial score (nSPS) is 11.4. The Morgan fingerprint density at radius 3 is 2.66 bits per heavy atom. The lowest BCUT2D eigenvalue weighted by molar-refractivity contribution is -0.140. The van der Waals surface area contributed by atoms with Crippen molar-refractivity contribution in [3.63, 3.8) is 0 Å². The molecule has 0 aliphatic rings. The summed E-state index contributed by atoms with van der Waals surface area (Å²) in [4.78, 5) is 24.0. The predicted octanol–water partition coefficient (Wildman–Crippen LogP) is 4.48. The molecule has 2 N–H and O–H groups in total. The van der Waals surface area contributed by atoms with E-state index in [9.17, 15) is 18.0 Å². The highest BCUT2D eigenvalue weighted by molar-refractivity contribution is 7.13. The number of rotatable bonds is 5. The highest BCUT2D eigenvalue weighted by Gasteiger charge is 2.34. The molecular formula is C19H14F3N7O2S. The van der Waals surface area contributed by atoms with Crippen molar-refractivity contribution in [2.24, 2.45) is 0 Å². The average Bonchev–Trinajstić information content (AvgIpc) is 3.46. The number of thiazole rings is 1. The van der Waals surface area contributed by atoms with Crippen LogP contribution < -0.4 is 10.6 Å². The van der Waals surface area contributed by atoms with Crippen LogP contribution in [0, 0.1) is 0 Å². The molecule has 4 aromatic rings. The molecule has 13 heteroatoms. The first-order chi connectivity index (χ1) is 15.3. The summed E-state index contributed by atoms with van der Waals surface area (Å²) in [6.07, 6.45) is 1.06. The van der Waals surface area contributed by atoms with Gasteiger partial charge in [0.1, 0.15) is 10.8 Å². The van der Waals surface area contributed by atoms with Gasteiger partial charge in [0.05, 0.1) is 5.56 Å². The maximum Gasteiger partial charge on any atom is 0.434 e. The van der Waals surface area contributed by atoms with Crippen molar-refractivity contribution in [2.75, 3.05) is 11.9 Å². The highest BCUT2D eigenvalue weighted by atomic mass is 32.1. The summed E-state index contributed by atoms with van der Waals surface area (Å²) >= 11 is 0.830. The Kier molecular flexibility index (Phi) is 5.81. The Morgan fingerprint density at radius 2 is 1.97 bits per heavy atom. The first kappa shape index (κ1) is 21.4. The van der Waals surface area contributed by atoms with Crippen molar-refractivity contribution in [1.82, 2.24) is 30.5 Å². The Hall–Kier alpha value is -3.87. The van der Waals surface area contributed by atoms with Crippen LogP contribution in [0.5, 0.6) is 0 Å². The number of pyridine rings is 2. The molecule has 0 saturated heterocycles. The minimum absolute atomic E-state index is 0.108. The maximum absolute atomic E-state index is 13.1. The molecule has 164 valence electrons. The average molecular weight is 461 g/mol. The first-order valence-corrected chi connectivity index (χ1v) is 10.0. The molecule has 0 aliphatic heterocycles. The number of hydrogen-bond acceptors (Lipinski definition) is 8. The van der Waals surface area contributed by atoms with E-state index in [0.717, 1.165) is 16.7 Å². The zero-order chi connectivity index (χ0) is 22.7. The van der Waals surface area contributed by atoms with E-state index in [1.807, 2.05) is 0 Å². The summed E-state index contributed by atoms with van der Waals surface area (Å²) in [7, 11) is 0. The predicted molar refractivity (Wildman–Crippen MR) is 110 cm³/mol. The molecule has 0 bridgehead atoms. The third-order valence-electron chi connectivity index (χ3n) is 4.16. The van der Waals surface area contributed by atoms with E-state index in [4.69, 9.17) is 4.42 Å². The molecule has 4 aromatic heterocycles. The topological polar surface area (TPSA) is 119 Å². The van der Waals surface area contributed by atoms with Crippen LogP contribution in [0.2, 0.25) is 0 Å². The van der Waals surface area contributed by atoms with Gasteiger partial charge in [-0.1, -0.05) is 0 Å². The summed E-state index contributed by atoms with van der Waals surface area (Å²) in [5, 5.41) is 13.6. The van der Waals surface area contributed by atoms with Crippen LogP contribution in [0.3, 0.4) is 0 Å². The molecule has 0 spiro atoms. The molecule has 0 radical (unpaired) electrons. The number of carbonyl (C=O) groups is 1. The zero-order valence-electron chi connectivity index (χ0n) is 16.3. The first-order valence-electron chi connectivity index (χ1n) is 9.15. The van der Waals surface area contributed by atoms with E-state index in [-0.39, 0.29) is 16.7 Å². The maximum atomic E-state index is 13.1. The number of halogens is 3. The van der Waals surface area contributed by atoms with Crippen LogP contribution in [0.15, 0.2) is 46.9 Å². The molecule has 4 heterocycles. The number of nitrogens with one attached hydrogen (secondary N) is 2. The number of alkyl halides is 3. The summed E-state index contributed by atoms with van der Waals surface area (Å²) < 4.78 is 44.5. The highest BCUT2D eigenvalue weighted by Crippen LogP contribution is 2.38. The van der Waals surface area contributed by atoms with Crippen molar-refractivity contribution in [1.29, 1.82) is 0 Å². The lowest BCUT2D eigenvalue weighted by Crippen LogP contribution is -2.28. The second kappa shape index (κ2) is 8.70. The van der Waals surface area contributed by atoms with E-state index in [1.54, 1.807) is 13.0 Å². The fraction of sp³-hybridized carbons (Fsp3) is 0.158. The second-order valence-corrected chi connectivity index (χ2v) is 7.20. The van der Waals surface area contributed by atoms with Crippen LogP contribution in [-0.4, -0.2) is 37.7 Å². The zero-order valence-corrected chi connectivity index (χ0v) is 17.2. The molecule has 0 unspecified atom stereocenters. The van der Waals surface area contributed by atoms with Crippen molar-refractivity contribution < 1.29 is 22.4 Å². The summed E-state index contributed by atoms with van der Waals surface area (Å²) in [5.41, 5.74) is 0.860. The van der Waals surface area contributed by atoms with Crippen molar-refractivity contribution in [3.05, 3.63) is 48.2 Å². The molecule has 4 rings (SSSR count). The molecule has 0 atom stereocenters. The monoisotopic (exact) mass is 461 g/mol. The Balaban J connectivity index is 1.81. The third-order valence-corrected chi connectivity index (χ3v) is 5.04. The molecule has 0 aliphatic carbocycles. The molecule has 0 saturated carbocycles. The second-order valence-electron chi connectivity index (χ2n) is 6.34. The molecule has 0 aromatic carbocycles. The minimum atomic E-state index is -4.58. The van der Waals surface area contributed by atoms with Gasteiger partial charge in [0.15, 0.2) is 5.69 Å². The van der Waals surface area contributed by atoms with Crippen molar-refractivity contribution in [2.45, 2.75) is 13.1 Å². The molecule has 0 fully saturated rings. The van der Waals surface area contributed by atoms with Gasteiger partial charge in [0, 0.05) is 47.2 Å². The Bertz CT molecular complexity index is 1240. The van der Waals surface area contributed by atoms with Gasteiger partial charge in [0.2, 0.25) is 12.3 Å². The quantitative estimate of drug-likeness (QED) is 0.450. The number of hydrogen-bond donors (Lipinski definition) is 2. The van der Waals surface area contributed by atoms with E-state index < -0.39 is 17.9 Å². The molecule has 32 heavy (non-hydrogen) atoms. The van der Waals surface area contributed by atoms with Gasteiger partial charge in [-0.15, -0.1) is 21.5 Å². The Morgan fingerprint density at radius 1 is 1.16 bits per heavy atom. The third kappa shape index (κ3) is 4.56. The van der Waals surface area contributed by atoms with Gasteiger partial charge >= 0.3 is 12.2 Å². The van der Waals surface area contributed by atoms with Gasteiger partial charge in [-0.05, 0) is 19.1 Å². The van der Waals surface area contributed by atoms with Gasteiger partial charge in [-0.3, -0.25) is 10.3 Å². The number of urea groups is 1. The largest absolute Gasteiger partial charge is 0.434 e. The smallest absolute Gasteiger partial charge is 0.423 e. The van der Waals surface area contributed by atoms with E-state index in [0.29, 0.717) is 28.8 Å². The number of amides is 2. The SMILES string of the molecule is CCNC(=O)Nc1cc(-c2nc(C(F)(F)F)cs2)c(-c2cncc(-c3nnco3)c2)cn1. The molecular weight excluding hydrogens is 447 g/mol. The fourth-order valence-electron chi connectivity index (χ4n) is 2.78. The number of carbonyl (C=O) groups excluding carboxylic acids is 1. The number of anilines is 1. The van der Waals surface area contributed by atoms with Gasteiger partial charge in [-0.2, -0.15) is 13.2 Å². The van der Waals surface area contributed by atoms with E-state index in [2.05, 4.69) is 35.8 Å². The van der Waals surface area contributed by atoms with E-state index in [1.165, 1.54) is 31.1 Å². The van der Waals surface area contributed by atoms with Gasteiger partial charge < -0.3 is 9.73 Å². The summed E-state index contributed by atoms with van der Waals surface area (Å²) in [6, 6.07) is 2.66. The lowest BCUT2D eigenvalue weighted by atomic mass is 10.0. The number of aromatic nitrogens is 5. The van der Waals surface area contributed by atoms with Crippen molar-refractivity contribution >= 4 is 23.2 Å². The van der Waals surface area contributed by atoms with E-state index >= 15 is 0 Å². The van der Waals surface area contributed by atoms with Crippen LogP contribution in [0.1, 0.15) is 12.6 Å². The van der Waals surface area contributed by atoms with Gasteiger partial charge in [-0.25, -0.2) is 14.8 Å². The van der Waals surface area contributed by atoms with Crippen LogP contribution in [-0.2, 0) is 6.18 Å². The standard InChI is InChI=1S/C19H14F3N7O2S/c1-2-24-18(30)28-15-4-12(17-27-14(8-32-17)19(20,21)22)13(7-25-15)10-3-11(6-23-5-10)16-29-26-9-31-16/h3-9H,2H2,1H3,(H2,24,25,28,30). The van der Waals surface area contributed by atoms with Crippen LogP contribution >= 0.6 is 11.3 Å². The van der Waals surface area contributed by atoms with Gasteiger partial charge in [0.25, 0.3) is 0 Å². The van der Waals surface area contributed by atoms with Crippen LogP contribution in [0.25, 0.3) is 33.2 Å². The summed E-state index contributed by atoms with van der Waals surface area (Å²) in [6.45, 7) is 2.14. The minimum Gasteiger partial charge on any atom is -0.423 e. The lowest BCUT2D eigenvalue weighted by Gasteiger charge is -2.11.